The van der Waals surface area contributed by atoms with Crippen molar-refractivity contribution in [3.8, 4) is 0 Å². The van der Waals surface area contributed by atoms with E-state index in [-0.39, 0.29) is 18.3 Å². The second-order valence-electron chi connectivity index (χ2n) is 3.78. The van der Waals surface area contributed by atoms with Crippen LogP contribution in [0.15, 0.2) is 23.4 Å². The largest absolute Gasteiger partial charge is 0.409 e. The number of nitrogens with one attached hydrogen (secondary N) is 1. The van der Waals surface area contributed by atoms with Crippen LogP contribution in [-0.2, 0) is 9.53 Å². The molecule has 0 saturated carbocycles. The van der Waals surface area contributed by atoms with Gasteiger partial charge in [0, 0.05) is 12.2 Å². The molecule has 0 heterocycles. The van der Waals surface area contributed by atoms with Crippen LogP contribution in [0.5, 0.6) is 0 Å². The van der Waals surface area contributed by atoms with E-state index in [2.05, 4.69) is 10.5 Å². The third-order valence-electron chi connectivity index (χ3n) is 2.23. The molecule has 1 amide bonds. The van der Waals surface area contributed by atoms with Gasteiger partial charge in [0.1, 0.15) is 6.61 Å². The van der Waals surface area contributed by atoms with Crippen molar-refractivity contribution in [2.24, 2.45) is 10.9 Å². The fourth-order valence-corrected chi connectivity index (χ4v) is 1.50. The Labute approximate surface area is 116 Å². The molecule has 0 atom stereocenters. The van der Waals surface area contributed by atoms with Gasteiger partial charge in [-0.1, -0.05) is 23.7 Å². The molecule has 1 rings (SSSR count). The van der Waals surface area contributed by atoms with Crippen LogP contribution in [0.25, 0.3) is 0 Å². The van der Waals surface area contributed by atoms with Crippen molar-refractivity contribution >= 4 is 29.0 Å². The number of halogens is 1. The zero-order valence-corrected chi connectivity index (χ0v) is 11.3. The van der Waals surface area contributed by atoms with E-state index in [1.165, 1.54) is 6.07 Å². The Bertz CT molecular complexity index is 477. The SMILES string of the molecule is CCCOCC(=O)Nc1cc(/C(N)=N/O)ccc1Cl. The van der Waals surface area contributed by atoms with Crippen molar-refractivity contribution < 1.29 is 14.7 Å². The first kappa shape index (κ1) is 15.3. The van der Waals surface area contributed by atoms with Crippen molar-refractivity contribution in [3.63, 3.8) is 0 Å². The number of nitrogens with zero attached hydrogens (tertiary/aromatic N) is 1. The van der Waals surface area contributed by atoms with Gasteiger partial charge in [-0.15, -0.1) is 0 Å². The van der Waals surface area contributed by atoms with E-state index in [4.69, 9.17) is 27.3 Å². The molecule has 0 aliphatic heterocycles. The number of benzene rings is 1. The summed E-state index contributed by atoms with van der Waals surface area (Å²) in [6.45, 7) is 2.43. The number of nitrogens with two attached hydrogens (primary N) is 1. The number of ether oxygens (including phenoxy) is 1. The molecule has 0 saturated heterocycles. The number of amidine groups is 1. The van der Waals surface area contributed by atoms with Crippen LogP contribution in [0.4, 0.5) is 5.69 Å². The zero-order chi connectivity index (χ0) is 14.3. The van der Waals surface area contributed by atoms with Crippen LogP contribution in [0.1, 0.15) is 18.9 Å². The van der Waals surface area contributed by atoms with Gasteiger partial charge in [-0.3, -0.25) is 4.79 Å². The number of rotatable bonds is 6. The molecule has 0 radical (unpaired) electrons. The zero-order valence-electron chi connectivity index (χ0n) is 10.5. The van der Waals surface area contributed by atoms with Crippen molar-refractivity contribution in [2.75, 3.05) is 18.5 Å². The van der Waals surface area contributed by atoms with Gasteiger partial charge in [0.25, 0.3) is 0 Å². The lowest BCUT2D eigenvalue weighted by Gasteiger charge is -2.09. The predicted molar refractivity (Wildman–Crippen MR) is 73.7 cm³/mol. The molecule has 0 aliphatic carbocycles. The van der Waals surface area contributed by atoms with Gasteiger partial charge in [0.15, 0.2) is 5.84 Å². The summed E-state index contributed by atoms with van der Waals surface area (Å²) in [4.78, 5) is 11.6. The molecular weight excluding hydrogens is 270 g/mol. The molecule has 6 nitrogen and oxygen atoms in total. The first-order valence-corrected chi connectivity index (χ1v) is 6.11. The average molecular weight is 286 g/mol. The van der Waals surface area contributed by atoms with Crippen LogP contribution in [0, 0.1) is 0 Å². The summed E-state index contributed by atoms with van der Waals surface area (Å²) in [5.74, 6) is -0.374. The fourth-order valence-electron chi connectivity index (χ4n) is 1.33. The Morgan fingerprint density at radius 1 is 1.58 bits per heavy atom. The number of carbonyl (C=O) groups excluding carboxylic acids is 1. The minimum atomic E-state index is -0.313. The smallest absolute Gasteiger partial charge is 0.250 e. The molecular formula is C12H16ClN3O3. The van der Waals surface area contributed by atoms with Crippen molar-refractivity contribution in [2.45, 2.75) is 13.3 Å². The van der Waals surface area contributed by atoms with Crippen LogP contribution in [0.2, 0.25) is 5.02 Å². The summed E-state index contributed by atoms with van der Waals surface area (Å²) in [6.07, 6.45) is 0.840. The lowest BCUT2D eigenvalue weighted by atomic mass is 10.2. The van der Waals surface area contributed by atoms with E-state index in [9.17, 15) is 4.79 Å². The maximum absolute atomic E-state index is 11.6. The minimum absolute atomic E-state index is 0.0437. The van der Waals surface area contributed by atoms with E-state index in [1.807, 2.05) is 6.92 Å². The number of amides is 1. The van der Waals surface area contributed by atoms with Crippen molar-refractivity contribution in [1.29, 1.82) is 0 Å². The molecule has 0 unspecified atom stereocenters. The maximum Gasteiger partial charge on any atom is 0.250 e. The first-order chi connectivity index (χ1) is 9.08. The minimum Gasteiger partial charge on any atom is -0.409 e. The summed E-state index contributed by atoms with van der Waals surface area (Å²) in [5, 5.41) is 14.4. The Hall–Kier alpha value is -1.79. The Kier molecular flexibility index (Phi) is 6.11. The maximum atomic E-state index is 11.6. The van der Waals surface area contributed by atoms with Gasteiger partial charge in [-0.05, 0) is 24.6 Å². The quantitative estimate of drug-likeness (QED) is 0.244. The molecule has 1 aromatic rings. The molecule has 7 heteroatoms. The fraction of sp³-hybridized carbons (Fsp3) is 0.333. The Morgan fingerprint density at radius 2 is 2.32 bits per heavy atom. The first-order valence-electron chi connectivity index (χ1n) is 5.73. The van der Waals surface area contributed by atoms with E-state index < -0.39 is 0 Å². The lowest BCUT2D eigenvalue weighted by molar-refractivity contribution is -0.120. The monoisotopic (exact) mass is 285 g/mol. The molecule has 4 N–H and O–H groups in total. The normalized spacial score (nSPS) is 11.4. The van der Waals surface area contributed by atoms with Gasteiger partial charge in [0.2, 0.25) is 5.91 Å². The topological polar surface area (TPSA) is 96.9 Å². The Balaban J connectivity index is 2.74. The number of hydrogen-bond acceptors (Lipinski definition) is 4. The third kappa shape index (κ3) is 4.76. The van der Waals surface area contributed by atoms with Crippen molar-refractivity contribution in [1.82, 2.24) is 0 Å². The molecule has 0 bridgehead atoms. The summed E-state index contributed by atoms with van der Waals surface area (Å²) in [7, 11) is 0. The summed E-state index contributed by atoms with van der Waals surface area (Å²) < 4.78 is 5.11. The number of carbonyl (C=O) groups is 1. The molecule has 0 spiro atoms. The summed E-state index contributed by atoms with van der Waals surface area (Å²) in [6, 6.07) is 4.66. The van der Waals surface area contributed by atoms with Gasteiger partial charge in [-0.2, -0.15) is 0 Å². The van der Waals surface area contributed by atoms with Crippen LogP contribution < -0.4 is 11.1 Å². The van der Waals surface area contributed by atoms with Gasteiger partial charge < -0.3 is 21.0 Å². The van der Waals surface area contributed by atoms with E-state index >= 15 is 0 Å². The van der Waals surface area contributed by atoms with Crippen LogP contribution in [0.3, 0.4) is 0 Å². The van der Waals surface area contributed by atoms with Gasteiger partial charge >= 0.3 is 0 Å². The van der Waals surface area contributed by atoms with Crippen LogP contribution in [-0.4, -0.2) is 30.2 Å². The number of anilines is 1. The molecule has 1 aromatic carbocycles. The highest BCUT2D eigenvalue weighted by molar-refractivity contribution is 6.33. The van der Waals surface area contributed by atoms with E-state index in [0.29, 0.717) is 22.9 Å². The Morgan fingerprint density at radius 3 is 2.95 bits per heavy atom. The average Bonchev–Trinajstić information content (AvgIpc) is 2.40. The molecule has 0 aromatic heterocycles. The summed E-state index contributed by atoms with van der Waals surface area (Å²) in [5.41, 5.74) is 6.30. The summed E-state index contributed by atoms with van der Waals surface area (Å²) >= 11 is 5.95. The van der Waals surface area contributed by atoms with E-state index in [0.717, 1.165) is 6.42 Å². The second kappa shape index (κ2) is 7.60. The molecule has 0 aliphatic rings. The van der Waals surface area contributed by atoms with Crippen molar-refractivity contribution in [3.05, 3.63) is 28.8 Å². The third-order valence-corrected chi connectivity index (χ3v) is 2.56. The number of hydrogen-bond donors (Lipinski definition) is 3. The number of oxime groups is 1. The highest BCUT2D eigenvalue weighted by Crippen LogP contribution is 2.22. The van der Waals surface area contributed by atoms with Gasteiger partial charge in [0.05, 0.1) is 10.7 Å². The van der Waals surface area contributed by atoms with Gasteiger partial charge in [-0.25, -0.2) is 0 Å². The molecule has 0 fully saturated rings. The predicted octanol–water partition coefficient (Wildman–Crippen LogP) is 1.80. The highest BCUT2D eigenvalue weighted by atomic mass is 35.5. The van der Waals surface area contributed by atoms with Crippen LogP contribution >= 0.6 is 11.6 Å². The lowest BCUT2D eigenvalue weighted by Crippen LogP contribution is -2.19. The highest BCUT2D eigenvalue weighted by Gasteiger charge is 2.08. The molecule has 19 heavy (non-hydrogen) atoms. The second-order valence-corrected chi connectivity index (χ2v) is 4.19. The standard InChI is InChI=1S/C12H16ClN3O3/c1-2-5-19-7-11(17)15-10-6-8(12(14)16-18)3-4-9(10)13/h3-4,6,18H,2,5,7H2,1H3,(H2,14,16)(H,15,17). The molecule has 104 valence electrons. The van der Waals surface area contributed by atoms with E-state index in [1.54, 1.807) is 12.1 Å².